The van der Waals surface area contributed by atoms with E-state index in [0.717, 1.165) is 41.7 Å². The molecule has 0 spiro atoms. The first-order valence-corrected chi connectivity index (χ1v) is 8.23. The second-order valence-corrected chi connectivity index (χ2v) is 5.65. The van der Waals surface area contributed by atoms with Gasteiger partial charge in [0.2, 0.25) is 0 Å². The Balaban J connectivity index is 2.19. The van der Waals surface area contributed by atoms with Crippen molar-refractivity contribution in [2.75, 3.05) is 6.61 Å². The van der Waals surface area contributed by atoms with E-state index in [9.17, 15) is 4.79 Å². The Morgan fingerprint density at radius 3 is 2.57 bits per heavy atom. The zero-order valence-corrected chi connectivity index (χ0v) is 13.6. The number of unbranched alkanes of at least 4 members (excludes halogenated alkanes) is 1. The van der Waals surface area contributed by atoms with Crippen molar-refractivity contribution >= 4 is 5.97 Å². The summed E-state index contributed by atoms with van der Waals surface area (Å²) < 4.78 is 5.94. The minimum atomic E-state index is -0.743. The SMILES string of the molecule is CCCCOc1ccc(CCCC(=O)O)cc1-c1ccccc1. The van der Waals surface area contributed by atoms with Gasteiger partial charge in [-0.15, -0.1) is 0 Å². The van der Waals surface area contributed by atoms with Gasteiger partial charge >= 0.3 is 5.97 Å². The van der Waals surface area contributed by atoms with Crippen molar-refractivity contribution in [2.24, 2.45) is 0 Å². The molecule has 0 fully saturated rings. The van der Waals surface area contributed by atoms with Crippen molar-refractivity contribution in [3.63, 3.8) is 0 Å². The van der Waals surface area contributed by atoms with Gasteiger partial charge in [0.05, 0.1) is 6.61 Å². The van der Waals surface area contributed by atoms with Gasteiger partial charge in [-0.3, -0.25) is 4.79 Å². The Bertz CT molecular complexity index is 620. The first-order chi connectivity index (χ1) is 11.2. The van der Waals surface area contributed by atoms with Crippen molar-refractivity contribution < 1.29 is 14.6 Å². The molecular weight excluding hydrogens is 288 g/mol. The van der Waals surface area contributed by atoms with Crippen LogP contribution in [-0.4, -0.2) is 17.7 Å². The summed E-state index contributed by atoms with van der Waals surface area (Å²) in [4.78, 5) is 10.7. The van der Waals surface area contributed by atoms with Gasteiger partial charge in [-0.1, -0.05) is 49.7 Å². The van der Waals surface area contributed by atoms with Crippen LogP contribution in [0, 0.1) is 0 Å². The molecule has 3 heteroatoms. The minimum absolute atomic E-state index is 0.204. The van der Waals surface area contributed by atoms with E-state index in [4.69, 9.17) is 9.84 Å². The maximum atomic E-state index is 10.7. The summed E-state index contributed by atoms with van der Waals surface area (Å²) in [6, 6.07) is 16.3. The summed E-state index contributed by atoms with van der Waals surface area (Å²) in [5.74, 6) is 0.152. The smallest absolute Gasteiger partial charge is 0.303 e. The maximum absolute atomic E-state index is 10.7. The Kier molecular flexibility index (Phi) is 6.67. The number of benzene rings is 2. The molecule has 0 saturated heterocycles. The molecule has 0 atom stereocenters. The highest BCUT2D eigenvalue weighted by Crippen LogP contribution is 2.31. The van der Waals surface area contributed by atoms with E-state index in [1.165, 1.54) is 0 Å². The molecule has 3 nitrogen and oxygen atoms in total. The summed E-state index contributed by atoms with van der Waals surface area (Å²) >= 11 is 0. The van der Waals surface area contributed by atoms with Crippen molar-refractivity contribution in [2.45, 2.75) is 39.0 Å². The number of ether oxygens (including phenoxy) is 1. The molecule has 2 aromatic rings. The molecule has 0 heterocycles. The summed E-state index contributed by atoms with van der Waals surface area (Å²) in [7, 11) is 0. The number of hydrogen-bond acceptors (Lipinski definition) is 2. The predicted molar refractivity (Wildman–Crippen MR) is 92.9 cm³/mol. The predicted octanol–water partition coefficient (Wildman–Crippen LogP) is 4.94. The molecule has 23 heavy (non-hydrogen) atoms. The van der Waals surface area contributed by atoms with Crippen LogP contribution in [-0.2, 0) is 11.2 Å². The zero-order valence-electron chi connectivity index (χ0n) is 13.6. The summed E-state index contributed by atoms with van der Waals surface area (Å²) in [5.41, 5.74) is 3.35. The topological polar surface area (TPSA) is 46.5 Å². The third-order valence-electron chi connectivity index (χ3n) is 3.74. The third-order valence-corrected chi connectivity index (χ3v) is 3.74. The fourth-order valence-corrected chi connectivity index (χ4v) is 2.47. The van der Waals surface area contributed by atoms with E-state index in [1.54, 1.807) is 0 Å². The van der Waals surface area contributed by atoms with E-state index in [0.29, 0.717) is 13.0 Å². The summed E-state index contributed by atoms with van der Waals surface area (Å²) in [6.45, 7) is 2.86. The molecule has 122 valence electrons. The van der Waals surface area contributed by atoms with Crippen molar-refractivity contribution in [1.82, 2.24) is 0 Å². The Labute approximate surface area is 137 Å². The lowest BCUT2D eigenvalue weighted by Crippen LogP contribution is -2.00. The average molecular weight is 312 g/mol. The van der Waals surface area contributed by atoms with Crippen LogP contribution in [0.2, 0.25) is 0 Å². The van der Waals surface area contributed by atoms with Gasteiger partial charge < -0.3 is 9.84 Å². The first-order valence-electron chi connectivity index (χ1n) is 8.23. The van der Waals surface area contributed by atoms with E-state index < -0.39 is 5.97 Å². The summed E-state index contributed by atoms with van der Waals surface area (Å²) in [5, 5.41) is 8.77. The number of carboxylic acid groups (broad SMARTS) is 1. The highest BCUT2D eigenvalue weighted by molar-refractivity contribution is 5.71. The monoisotopic (exact) mass is 312 g/mol. The quantitative estimate of drug-likeness (QED) is 0.667. The molecule has 1 N–H and O–H groups in total. The van der Waals surface area contributed by atoms with Gasteiger partial charge in [-0.05, 0) is 42.5 Å². The highest BCUT2D eigenvalue weighted by Gasteiger charge is 2.08. The number of hydrogen-bond donors (Lipinski definition) is 1. The van der Waals surface area contributed by atoms with Crippen LogP contribution in [0.5, 0.6) is 5.75 Å². The fraction of sp³-hybridized carbons (Fsp3) is 0.350. The number of carboxylic acids is 1. The highest BCUT2D eigenvalue weighted by atomic mass is 16.5. The molecular formula is C20H24O3. The molecule has 0 aromatic heterocycles. The van der Waals surface area contributed by atoms with Crippen LogP contribution in [0.1, 0.15) is 38.2 Å². The maximum Gasteiger partial charge on any atom is 0.303 e. The Morgan fingerprint density at radius 1 is 1.09 bits per heavy atom. The van der Waals surface area contributed by atoms with Crippen LogP contribution in [0.4, 0.5) is 0 Å². The second kappa shape index (κ2) is 8.99. The molecule has 0 unspecified atom stereocenters. The van der Waals surface area contributed by atoms with Gasteiger partial charge in [0.15, 0.2) is 0 Å². The van der Waals surface area contributed by atoms with Crippen LogP contribution in [0.3, 0.4) is 0 Å². The molecule has 0 aliphatic heterocycles. The van der Waals surface area contributed by atoms with Gasteiger partial charge in [0.25, 0.3) is 0 Å². The van der Waals surface area contributed by atoms with E-state index in [-0.39, 0.29) is 6.42 Å². The normalized spacial score (nSPS) is 10.5. The number of aliphatic carboxylic acids is 1. The first kappa shape index (κ1) is 17.1. The average Bonchev–Trinajstić information content (AvgIpc) is 2.56. The van der Waals surface area contributed by atoms with E-state index >= 15 is 0 Å². The molecule has 2 rings (SSSR count). The third kappa shape index (κ3) is 5.44. The standard InChI is InChI=1S/C20H24O3/c1-2-3-14-23-19-13-12-16(8-7-11-20(21)22)15-18(19)17-9-5-4-6-10-17/h4-6,9-10,12-13,15H,2-3,7-8,11,14H2,1H3,(H,21,22). The number of rotatable bonds is 9. The van der Waals surface area contributed by atoms with Crippen LogP contribution >= 0.6 is 0 Å². The van der Waals surface area contributed by atoms with Crippen LogP contribution in [0.15, 0.2) is 48.5 Å². The zero-order chi connectivity index (χ0) is 16.5. The van der Waals surface area contributed by atoms with Crippen LogP contribution < -0.4 is 4.74 Å². The molecule has 0 bridgehead atoms. The van der Waals surface area contributed by atoms with E-state index in [1.807, 2.05) is 30.3 Å². The Morgan fingerprint density at radius 2 is 1.87 bits per heavy atom. The van der Waals surface area contributed by atoms with E-state index in [2.05, 4.69) is 25.1 Å². The lowest BCUT2D eigenvalue weighted by molar-refractivity contribution is -0.137. The lowest BCUT2D eigenvalue weighted by Gasteiger charge is -2.13. The van der Waals surface area contributed by atoms with Gasteiger partial charge in [0.1, 0.15) is 5.75 Å². The van der Waals surface area contributed by atoms with Gasteiger partial charge in [-0.2, -0.15) is 0 Å². The van der Waals surface area contributed by atoms with Crippen molar-refractivity contribution in [3.8, 4) is 16.9 Å². The van der Waals surface area contributed by atoms with Crippen molar-refractivity contribution in [3.05, 3.63) is 54.1 Å². The van der Waals surface area contributed by atoms with Gasteiger partial charge in [-0.25, -0.2) is 0 Å². The van der Waals surface area contributed by atoms with Gasteiger partial charge in [0, 0.05) is 12.0 Å². The minimum Gasteiger partial charge on any atom is -0.493 e. The fourth-order valence-electron chi connectivity index (χ4n) is 2.47. The second-order valence-electron chi connectivity index (χ2n) is 5.65. The molecule has 0 amide bonds. The number of carbonyl (C=O) groups is 1. The molecule has 0 saturated carbocycles. The molecule has 0 radical (unpaired) electrons. The molecule has 0 aliphatic carbocycles. The Hall–Kier alpha value is -2.29. The lowest BCUT2D eigenvalue weighted by atomic mass is 9.99. The van der Waals surface area contributed by atoms with Crippen LogP contribution in [0.25, 0.3) is 11.1 Å². The largest absolute Gasteiger partial charge is 0.493 e. The number of aryl methyl sites for hydroxylation is 1. The summed E-state index contributed by atoms with van der Waals surface area (Å²) in [6.07, 6.45) is 3.76. The van der Waals surface area contributed by atoms with Crippen molar-refractivity contribution in [1.29, 1.82) is 0 Å². The molecule has 2 aromatic carbocycles. The molecule has 0 aliphatic rings.